The maximum absolute atomic E-state index is 13.5. The Labute approximate surface area is 147 Å². The van der Waals surface area contributed by atoms with Crippen LogP contribution in [0.1, 0.15) is 12.0 Å². The van der Waals surface area contributed by atoms with Crippen LogP contribution in [0.25, 0.3) is 0 Å². The van der Waals surface area contributed by atoms with E-state index in [0.29, 0.717) is 48.7 Å². The molecule has 2 aromatic rings. The smallest absolute Gasteiger partial charge is 0.225 e. The quantitative estimate of drug-likeness (QED) is 0.685. The first-order valence-corrected chi connectivity index (χ1v) is 8.10. The van der Waals surface area contributed by atoms with E-state index in [1.807, 2.05) is 6.07 Å². The minimum Gasteiger partial charge on any atom is -0.493 e. The van der Waals surface area contributed by atoms with Crippen LogP contribution in [0, 0.1) is 5.82 Å². The molecule has 0 bridgehead atoms. The zero-order chi connectivity index (χ0) is 18.1. The fourth-order valence-electron chi connectivity index (χ4n) is 2.39. The van der Waals surface area contributed by atoms with Crippen LogP contribution in [0.5, 0.6) is 11.5 Å². The molecule has 134 valence electrons. The fourth-order valence-corrected chi connectivity index (χ4v) is 2.39. The molecule has 5 nitrogen and oxygen atoms in total. The molecule has 0 spiro atoms. The minimum atomic E-state index is -0.199. The summed E-state index contributed by atoms with van der Waals surface area (Å²) in [6.45, 7) is 1.14. The molecule has 0 aliphatic carbocycles. The molecule has 0 aromatic heterocycles. The standard InChI is InChI=1S/C19H23FN2O3/c1-24-17-8-7-15(13-18(17)25-2)22-19(23)10-12-21-11-9-14-5-3-4-6-16(14)20/h3-8,13,21H,9-12H2,1-2H3,(H,22,23). The largest absolute Gasteiger partial charge is 0.493 e. The Morgan fingerprint density at radius 2 is 1.80 bits per heavy atom. The Balaban J connectivity index is 1.71. The number of hydrogen-bond acceptors (Lipinski definition) is 4. The summed E-state index contributed by atoms with van der Waals surface area (Å²) in [4.78, 5) is 12.0. The van der Waals surface area contributed by atoms with Crippen molar-refractivity contribution < 1.29 is 18.7 Å². The highest BCUT2D eigenvalue weighted by atomic mass is 19.1. The van der Waals surface area contributed by atoms with E-state index in [1.54, 1.807) is 44.6 Å². The van der Waals surface area contributed by atoms with Gasteiger partial charge in [-0.3, -0.25) is 4.79 Å². The molecule has 0 saturated carbocycles. The molecule has 0 fully saturated rings. The van der Waals surface area contributed by atoms with Crippen LogP contribution in [-0.2, 0) is 11.2 Å². The summed E-state index contributed by atoms with van der Waals surface area (Å²) in [5.41, 5.74) is 1.32. The van der Waals surface area contributed by atoms with Gasteiger partial charge in [-0.05, 0) is 36.7 Å². The minimum absolute atomic E-state index is 0.106. The van der Waals surface area contributed by atoms with Gasteiger partial charge in [0, 0.05) is 24.7 Å². The van der Waals surface area contributed by atoms with Crippen LogP contribution in [0.3, 0.4) is 0 Å². The Kier molecular flexibility index (Phi) is 7.22. The Hall–Kier alpha value is -2.60. The SMILES string of the molecule is COc1ccc(NC(=O)CCNCCc2ccccc2F)cc1OC. The van der Waals surface area contributed by atoms with E-state index < -0.39 is 0 Å². The lowest BCUT2D eigenvalue weighted by molar-refractivity contribution is -0.116. The normalized spacial score (nSPS) is 10.4. The second-order valence-corrected chi connectivity index (χ2v) is 5.46. The van der Waals surface area contributed by atoms with E-state index in [2.05, 4.69) is 10.6 Å². The van der Waals surface area contributed by atoms with Gasteiger partial charge >= 0.3 is 0 Å². The van der Waals surface area contributed by atoms with Crippen LogP contribution < -0.4 is 20.1 Å². The van der Waals surface area contributed by atoms with Crippen molar-refractivity contribution in [1.82, 2.24) is 5.32 Å². The van der Waals surface area contributed by atoms with E-state index in [9.17, 15) is 9.18 Å². The maximum Gasteiger partial charge on any atom is 0.225 e. The van der Waals surface area contributed by atoms with Crippen LogP contribution in [0.4, 0.5) is 10.1 Å². The highest BCUT2D eigenvalue weighted by Gasteiger charge is 2.07. The predicted molar refractivity (Wildman–Crippen MR) is 95.8 cm³/mol. The third kappa shape index (κ3) is 5.76. The lowest BCUT2D eigenvalue weighted by atomic mass is 10.1. The number of anilines is 1. The molecule has 0 aliphatic heterocycles. The predicted octanol–water partition coefficient (Wildman–Crippen LogP) is 3.00. The molecule has 0 heterocycles. The Morgan fingerprint density at radius 3 is 2.52 bits per heavy atom. The number of carbonyl (C=O) groups is 1. The van der Waals surface area contributed by atoms with Gasteiger partial charge in [0.15, 0.2) is 11.5 Å². The average Bonchev–Trinajstić information content (AvgIpc) is 2.62. The zero-order valence-electron chi connectivity index (χ0n) is 14.5. The lowest BCUT2D eigenvalue weighted by Gasteiger charge is -2.11. The third-order valence-electron chi connectivity index (χ3n) is 3.73. The molecule has 1 amide bonds. The number of rotatable bonds is 9. The molecular weight excluding hydrogens is 323 g/mol. The molecule has 0 atom stereocenters. The van der Waals surface area contributed by atoms with Gasteiger partial charge in [-0.25, -0.2) is 4.39 Å². The number of benzene rings is 2. The molecule has 2 aromatic carbocycles. The number of carbonyl (C=O) groups excluding carboxylic acids is 1. The van der Waals surface area contributed by atoms with Crippen molar-refractivity contribution in [3.8, 4) is 11.5 Å². The van der Waals surface area contributed by atoms with Crippen molar-refractivity contribution in [2.45, 2.75) is 12.8 Å². The molecule has 2 rings (SSSR count). The maximum atomic E-state index is 13.5. The topological polar surface area (TPSA) is 59.6 Å². The number of amides is 1. The van der Waals surface area contributed by atoms with Gasteiger partial charge in [-0.2, -0.15) is 0 Å². The van der Waals surface area contributed by atoms with E-state index in [1.165, 1.54) is 6.07 Å². The first-order valence-electron chi connectivity index (χ1n) is 8.10. The number of methoxy groups -OCH3 is 2. The van der Waals surface area contributed by atoms with Crippen molar-refractivity contribution in [2.75, 3.05) is 32.6 Å². The van der Waals surface area contributed by atoms with Gasteiger partial charge in [0.2, 0.25) is 5.91 Å². The molecule has 2 N–H and O–H groups in total. The molecule has 0 unspecified atom stereocenters. The highest BCUT2D eigenvalue weighted by molar-refractivity contribution is 5.91. The molecule has 0 aliphatic rings. The van der Waals surface area contributed by atoms with Crippen molar-refractivity contribution in [3.63, 3.8) is 0 Å². The van der Waals surface area contributed by atoms with Gasteiger partial charge in [0.1, 0.15) is 5.82 Å². The van der Waals surface area contributed by atoms with Gasteiger partial charge in [0.05, 0.1) is 14.2 Å². The van der Waals surface area contributed by atoms with Crippen LogP contribution >= 0.6 is 0 Å². The summed E-state index contributed by atoms with van der Waals surface area (Å²) in [5.74, 6) is 0.861. The van der Waals surface area contributed by atoms with E-state index >= 15 is 0 Å². The third-order valence-corrected chi connectivity index (χ3v) is 3.73. The van der Waals surface area contributed by atoms with Crippen LogP contribution in [0.2, 0.25) is 0 Å². The second kappa shape index (κ2) is 9.64. The molecule has 0 saturated heterocycles. The van der Waals surface area contributed by atoms with E-state index in [0.717, 1.165) is 0 Å². The molecule has 0 radical (unpaired) electrons. The van der Waals surface area contributed by atoms with Gasteiger partial charge < -0.3 is 20.1 Å². The first kappa shape index (κ1) is 18.7. The summed E-state index contributed by atoms with van der Waals surface area (Å²) in [6.07, 6.45) is 0.912. The number of hydrogen-bond donors (Lipinski definition) is 2. The number of ether oxygens (including phenoxy) is 2. The van der Waals surface area contributed by atoms with Crippen molar-refractivity contribution in [3.05, 3.63) is 53.8 Å². The molecular formula is C19H23FN2O3. The Morgan fingerprint density at radius 1 is 1.04 bits per heavy atom. The van der Waals surface area contributed by atoms with Crippen LogP contribution in [-0.4, -0.2) is 33.2 Å². The summed E-state index contributed by atoms with van der Waals surface area (Å²) in [6, 6.07) is 11.9. The fraction of sp³-hybridized carbons (Fsp3) is 0.316. The zero-order valence-corrected chi connectivity index (χ0v) is 14.5. The summed E-state index contributed by atoms with van der Waals surface area (Å²) in [7, 11) is 3.10. The Bertz CT molecular complexity index is 707. The molecule has 6 heteroatoms. The summed E-state index contributed by atoms with van der Waals surface area (Å²) >= 11 is 0. The average molecular weight is 346 g/mol. The van der Waals surface area contributed by atoms with Crippen LogP contribution in [0.15, 0.2) is 42.5 Å². The van der Waals surface area contributed by atoms with Gasteiger partial charge in [-0.15, -0.1) is 0 Å². The monoisotopic (exact) mass is 346 g/mol. The summed E-state index contributed by atoms with van der Waals surface area (Å²) in [5, 5.41) is 5.96. The van der Waals surface area contributed by atoms with E-state index in [-0.39, 0.29) is 11.7 Å². The van der Waals surface area contributed by atoms with Crippen molar-refractivity contribution >= 4 is 11.6 Å². The van der Waals surface area contributed by atoms with Crippen molar-refractivity contribution in [2.24, 2.45) is 0 Å². The molecule has 25 heavy (non-hydrogen) atoms. The highest BCUT2D eigenvalue weighted by Crippen LogP contribution is 2.29. The van der Waals surface area contributed by atoms with Crippen molar-refractivity contribution in [1.29, 1.82) is 0 Å². The second-order valence-electron chi connectivity index (χ2n) is 5.46. The lowest BCUT2D eigenvalue weighted by Crippen LogP contribution is -2.23. The number of halogens is 1. The van der Waals surface area contributed by atoms with Gasteiger partial charge in [0.25, 0.3) is 0 Å². The van der Waals surface area contributed by atoms with E-state index in [4.69, 9.17) is 9.47 Å². The number of nitrogens with one attached hydrogen (secondary N) is 2. The first-order chi connectivity index (χ1) is 12.1. The van der Waals surface area contributed by atoms with Gasteiger partial charge in [-0.1, -0.05) is 18.2 Å². The summed E-state index contributed by atoms with van der Waals surface area (Å²) < 4.78 is 23.8.